The van der Waals surface area contributed by atoms with Gasteiger partial charge in [0.1, 0.15) is 0 Å². The largest absolute Gasteiger partial charge is 0.468 e. The summed E-state index contributed by atoms with van der Waals surface area (Å²) < 4.78 is 9.91. The molecule has 2 fully saturated rings. The van der Waals surface area contributed by atoms with Crippen LogP contribution >= 0.6 is 0 Å². The third-order valence-electron chi connectivity index (χ3n) is 4.49. The monoisotopic (exact) mass is 292 g/mol. The average molecular weight is 292 g/mol. The first-order valence-electron chi connectivity index (χ1n) is 7.46. The van der Waals surface area contributed by atoms with Gasteiger partial charge in [0.25, 0.3) is 0 Å². The lowest BCUT2D eigenvalue weighted by Gasteiger charge is -2.29. The molecule has 2 aliphatic rings. The zero-order valence-electron chi connectivity index (χ0n) is 13.4. The minimum atomic E-state index is -1.23. The van der Waals surface area contributed by atoms with Crippen molar-refractivity contribution in [2.24, 2.45) is 5.41 Å². The molecule has 0 atom stereocenters. The van der Waals surface area contributed by atoms with Gasteiger partial charge in [0.2, 0.25) is 0 Å². The molecule has 21 heavy (non-hydrogen) atoms. The van der Waals surface area contributed by atoms with E-state index in [9.17, 15) is 9.59 Å². The Kier molecular flexibility index (Phi) is 4.55. The van der Waals surface area contributed by atoms with E-state index in [0.29, 0.717) is 12.8 Å². The normalized spacial score (nSPS) is 16.4. The van der Waals surface area contributed by atoms with E-state index in [4.69, 9.17) is 9.47 Å². The van der Waals surface area contributed by atoms with E-state index < -0.39 is 17.4 Å². The lowest BCUT2D eigenvalue weighted by molar-refractivity contribution is -0.169. The van der Waals surface area contributed by atoms with Gasteiger partial charge in [-0.2, -0.15) is 0 Å². The Hall–Kier alpha value is -1.58. The molecule has 0 aromatic carbocycles. The van der Waals surface area contributed by atoms with Crippen molar-refractivity contribution in [3.8, 4) is 0 Å². The van der Waals surface area contributed by atoms with Crippen molar-refractivity contribution in [2.45, 2.75) is 52.4 Å². The van der Waals surface area contributed by atoms with Gasteiger partial charge in [-0.05, 0) is 52.4 Å². The predicted molar refractivity (Wildman–Crippen MR) is 79.6 cm³/mol. The predicted octanol–water partition coefficient (Wildman–Crippen LogP) is 3.32. The van der Waals surface area contributed by atoms with Crippen molar-refractivity contribution in [3.63, 3.8) is 0 Å². The summed E-state index contributed by atoms with van der Waals surface area (Å²) in [5, 5.41) is 0. The molecular weight excluding hydrogens is 268 g/mol. The van der Waals surface area contributed by atoms with Crippen LogP contribution in [-0.2, 0) is 19.1 Å². The fourth-order valence-corrected chi connectivity index (χ4v) is 2.96. The van der Waals surface area contributed by atoms with Crippen LogP contribution in [-0.4, -0.2) is 26.2 Å². The highest BCUT2D eigenvalue weighted by Gasteiger charge is 2.49. The minimum absolute atomic E-state index is 0.395. The Morgan fingerprint density at radius 3 is 1.43 bits per heavy atom. The number of hydrogen-bond donors (Lipinski definition) is 0. The van der Waals surface area contributed by atoms with E-state index in [0.717, 1.165) is 36.8 Å². The summed E-state index contributed by atoms with van der Waals surface area (Å²) in [6.07, 6.45) is 5.09. The summed E-state index contributed by atoms with van der Waals surface area (Å²) in [5.74, 6) is -0.980. The highest BCUT2D eigenvalue weighted by atomic mass is 16.5. The number of hydrogen-bond acceptors (Lipinski definition) is 4. The maximum atomic E-state index is 12.4. The zero-order chi connectivity index (χ0) is 15.6. The first kappa shape index (κ1) is 15.8. The second kappa shape index (κ2) is 6.04. The van der Waals surface area contributed by atoms with Crippen LogP contribution in [0.2, 0.25) is 0 Å². The molecule has 0 unspecified atom stereocenters. The molecule has 0 heterocycles. The molecular formula is C17H24O4. The van der Waals surface area contributed by atoms with E-state index in [1.165, 1.54) is 25.4 Å². The molecule has 2 rings (SSSR count). The van der Waals surface area contributed by atoms with E-state index >= 15 is 0 Å². The molecule has 0 amide bonds. The van der Waals surface area contributed by atoms with Gasteiger partial charge >= 0.3 is 11.9 Å². The molecule has 4 nitrogen and oxygen atoms in total. The lowest BCUT2D eigenvalue weighted by atomic mass is 9.76. The van der Waals surface area contributed by atoms with Crippen LogP contribution in [0.25, 0.3) is 0 Å². The third kappa shape index (κ3) is 3.36. The molecule has 0 aromatic rings. The number of rotatable bonds is 6. The van der Waals surface area contributed by atoms with Crippen LogP contribution in [0.4, 0.5) is 0 Å². The van der Waals surface area contributed by atoms with Crippen molar-refractivity contribution in [3.05, 3.63) is 22.3 Å². The molecule has 2 aliphatic carbocycles. The minimum Gasteiger partial charge on any atom is -0.468 e. The van der Waals surface area contributed by atoms with Crippen molar-refractivity contribution in [1.82, 2.24) is 0 Å². The number of allylic oxidation sites excluding steroid dienone is 4. The van der Waals surface area contributed by atoms with Crippen molar-refractivity contribution >= 4 is 11.9 Å². The van der Waals surface area contributed by atoms with Crippen LogP contribution in [0.1, 0.15) is 52.4 Å². The first-order valence-corrected chi connectivity index (χ1v) is 7.46. The number of methoxy groups -OCH3 is 2. The Labute approximate surface area is 126 Å². The summed E-state index contributed by atoms with van der Waals surface area (Å²) in [6.45, 7) is 4.01. The maximum absolute atomic E-state index is 12.4. The SMILES string of the molecule is COC(=O)C(CC(C)=C1CC1)(CC(C)=C1CC1)C(=O)OC. The summed E-state index contributed by atoms with van der Waals surface area (Å²) in [5.41, 5.74) is 3.72. The van der Waals surface area contributed by atoms with Gasteiger partial charge in [0.05, 0.1) is 14.2 Å². The first-order chi connectivity index (χ1) is 9.94. The Bertz CT molecular complexity index is 465. The van der Waals surface area contributed by atoms with Gasteiger partial charge in [0, 0.05) is 0 Å². The summed E-state index contributed by atoms with van der Waals surface area (Å²) in [6, 6.07) is 0. The molecule has 0 N–H and O–H groups in total. The smallest absolute Gasteiger partial charge is 0.323 e. The number of esters is 2. The lowest BCUT2D eigenvalue weighted by Crippen LogP contribution is -2.42. The Morgan fingerprint density at radius 2 is 1.19 bits per heavy atom. The van der Waals surface area contributed by atoms with Gasteiger partial charge in [-0.3, -0.25) is 9.59 Å². The molecule has 4 heteroatoms. The molecule has 0 spiro atoms. The van der Waals surface area contributed by atoms with Gasteiger partial charge in [-0.25, -0.2) is 0 Å². The molecule has 0 radical (unpaired) electrons. The third-order valence-corrected chi connectivity index (χ3v) is 4.49. The number of ether oxygens (including phenoxy) is 2. The fourth-order valence-electron chi connectivity index (χ4n) is 2.96. The standard InChI is InChI=1S/C17H24O4/c1-11(13-5-6-13)9-17(15(18)20-3,16(19)21-4)10-12(2)14-7-8-14/h5-10H2,1-4H3. The Balaban J connectivity index is 2.36. The van der Waals surface area contributed by atoms with Gasteiger partial charge in [0.15, 0.2) is 5.41 Å². The van der Waals surface area contributed by atoms with Crippen LogP contribution in [0, 0.1) is 5.41 Å². The quantitative estimate of drug-likeness (QED) is 0.428. The van der Waals surface area contributed by atoms with Crippen molar-refractivity contribution in [1.29, 1.82) is 0 Å². The number of carbonyl (C=O) groups is 2. The highest BCUT2D eigenvalue weighted by Crippen LogP contribution is 2.44. The fraction of sp³-hybridized carbons (Fsp3) is 0.647. The summed E-state index contributed by atoms with van der Waals surface area (Å²) in [4.78, 5) is 24.8. The second-order valence-corrected chi connectivity index (χ2v) is 6.19. The summed E-state index contributed by atoms with van der Waals surface area (Å²) in [7, 11) is 2.67. The van der Waals surface area contributed by atoms with Gasteiger partial charge in [-0.15, -0.1) is 0 Å². The van der Waals surface area contributed by atoms with Crippen molar-refractivity contribution < 1.29 is 19.1 Å². The van der Waals surface area contributed by atoms with Crippen molar-refractivity contribution in [2.75, 3.05) is 14.2 Å². The van der Waals surface area contributed by atoms with Crippen LogP contribution < -0.4 is 0 Å². The average Bonchev–Trinajstić information content (AvgIpc) is 3.32. The topological polar surface area (TPSA) is 52.6 Å². The molecule has 0 aliphatic heterocycles. The van der Waals surface area contributed by atoms with Crippen LogP contribution in [0.15, 0.2) is 22.3 Å². The maximum Gasteiger partial charge on any atom is 0.323 e. The van der Waals surface area contributed by atoms with E-state index in [2.05, 4.69) is 0 Å². The van der Waals surface area contributed by atoms with Crippen LogP contribution in [0.3, 0.4) is 0 Å². The molecule has 0 saturated heterocycles. The van der Waals surface area contributed by atoms with E-state index in [-0.39, 0.29) is 0 Å². The molecule has 2 saturated carbocycles. The molecule has 0 bridgehead atoms. The van der Waals surface area contributed by atoms with E-state index in [1.807, 2.05) is 13.8 Å². The molecule has 116 valence electrons. The van der Waals surface area contributed by atoms with Crippen LogP contribution in [0.5, 0.6) is 0 Å². The van der Waals surface area contributed by atoms with Gasteiger partial charge in [-0.1, -0.05) is 22.3 Å². The summed E-state index contributed by atoms with van der Waals surface area (Å²) >= 11 is 0. The number of carbonyl (C=O) groups excluding carboxylic acids is 2. The highest BCUT2D eigenvalue weighted by molar-refractivity contribution is 6.00. The van der Waals surface area contributed by atoms with E-state index in [1.54, 1.807) is 0 Å². The molecule has 0 aromatic heterocycles. The Morgan fingerprint density at radius 1 is 0.857 bits per heavy atom. The second-order valence-electron chi connectivity index (χ2n) is 6.19. The zero-order valence-corrected chi connectivity index (χ0v) is 13.4. The van der Waals surface area contributed by atoms with Gasteiger partial charge < -0.3 is 9.47 Å².